The van der Waals surface area contributed by atoms with E-state index >= 15 is 0 Å². The van der Waals surface area contributed by atoms with Crippen LogP contribution in [0.25, 0.3) is 0 Å². The largest absolute Gasteiger partial charge is 0.497 e. The van der Waals surface area contributed by atoms with Crippen LogP contribution < -0.4 is 15.2 Å². The van der Waals surface area contributed by atoms with E-state index in [2.05, 4.69) is 5.16 Å². The average Bonchev–Trinajstić information content (AvgIpc) is 2.64. The highest BCUT2D eigenvalue weighted by atomic mass is 16.7. The molecule has 6 nitrogen and oxygen atoms in total. The highest BCUT2D eigenvalue weighted by molar-refractivity contribution is 5.98. The van der Waals surface area contributed by atoms with Crippen molar-refractivity contribution < 1.29 is 19.1 Å². The number of carbonyl (C=O) groups is 1. The first-order valence-corrected chi connectivity index (χ1v) is 7.56. The van der Waals surface area contributed by atoms with Crippen LogP contribution in [0.3, 0.4) is 0 Å². The summed E-state index contributed by atoms with van der Waals surface area (Å²) in [5, 5.41) is 3.68. The highest BCUT2D eigenvalue weighted by Crippen LogP contribution is 2.14. The molecule has 0 aromatic heterocycles. The molecular weight excluding hydrogens is 308 g/mol. The van der Waals surface area contributed by atoms with Gasteiger partial charge in [0.2, 0.25) is 0 Å². The van der Waals surface area contributed by atoms with Crippen LogP contribution in [0.15, 0.2) is 53.7 Å². The summed E-state index contributed by atoms with van der Waals surface area (Å²) in [6.45, 7) is 2.65. The van der Waals surface area contributed by atoms with E-state index in [1.165, 1.54) is 0 Å². The molecule has 0 aliphatic rings. The molecule has 2 N–H and O–H groups in total. The fraction of sp³-hybridized carbons (Fsp3) is 0.222. The fourth-order valence-corrected chi connectivity index (χ4v) is 1.89. The zero-order valence-electron chi connectivity index (χ0n) is 13.7. The molecule has 24 heavy (non-hydrogen) atoms. The molecule has 2 rings (SSSR count). The first kappa shape index (κ1) is 17.3. The summed E-state index contributed by atoms with van der Waals surface area (Å²) >= 11 is 0. The summed E-state index contributed by atoms with van der Waals surface area (Å²) in [5.41, 5.74) is 6.79. The molecule has 0 amide bonds. The molecule has 0 saturated carbocycles. The molecule has 6 heteroatoms. The van der Waals surface area contributed by atoms with Gasteiger partial charge in [0.25, 0.3) is 0 Å². The van der Waals surface area contributed by atoms with E-state index in [1.807, 2.05) is 6.92 Å². The lowest BCUT2D eigenvalue weighted by atomic mass is 10.2. The fourth-order valence-electron chi connectivity index (χ4n) is 1.89. The number of ether oxygens (including phenoxy) is 2. The quantitative estimate of drug-likeness (QED) is 0.366. The smallest absolute Gasteiger partial charge is 0.365 e. The van der Waals surface area contributed by atoms with Crippen molar-refractivity contribution in [2.24, 2.45) is 10.9 Å². The number of oxime groups is 1. The van der Waals surface area contributed by atoms with Crippen LogP contribution in [0.4, 0.5) is 0 Å². The van der Waals surface area contributed by atoms with Crippen LogP contribution in [-0.2, 0) is 4.84 Å². The summed E-state index contributed by atoms with van der Waals surface area (Å²) in [6.07, 6.45) is 0.919. The Kier molecular flexibility index (Phi) is 6.19. The van der Waals surface area contributed by atoms with Crippen LogP contribution in [0.5, 0.6) is 11.5 Å². The van der Waals surface area contributed by atoms with Gasteiger partial charge in [0.15, 0.2) is 5.84 Å². The summed E-state index contributed by atoms with van der Waals surface area (Å²) in [4.78, 5) is 16.9. The predicted octanol–water partition coefficient (Wildman–Crippen LogP) is 2.96. The van der Waals surface area contributed by atoms with Crippen molar-refractivity contribution in [3.05, 3.63) is 59.7 Å². The normalized spacial score (nSPS) is 11.0. The Morgan fingerprint density at radius 2 is 1.83 bits per heavy atom. The third kappa shape index (κ3) is 4.74. The van der Waals surface area contributed by atoms with Gasteiger partial charge in [-0.1, -0.05) is 24.2 Å². The SMILES string of the molecule is CCCOc1ccc(C(=O)O/N=C(/N)c2cccc(OC)c2)cc1. The molecule has 0 aliphatic heterocycles. The molecule has 0 atom stereocenters. The zero-order valence-corrected chi connectivity index (χ0v) is 13.7. The Hall–Kier alpha value is -3.02. The molecule has 2 aromatic rings. The Bertz CT molecular complexity index is 711. The van der Waals surface area contributed by atoms with Crippen molar-refractivity contribution in [1.29, 1.82) is 0 Å². The van der Waals surface area contributed by atoms with Gasteiger partial charge in [0.1, 0.15) is 11.5 Å². The van der Waals surface area contributed by atoms with Crippen molar-refractivity contribution in [2.75, 3.05) is 13.7 Å². The minimum absolute atomic E-state index is 0.0881. The number of methoxy groups -OCH3 is 1. The molecule has 0 radical (unpaired) electrons. The van der Waals surface area contributed by atoms with Crippen molar-refractivity contribution in [3.8, 4) is 11.5 Å². The Morgan fingerprint density at radius 3 is 2.50 bits per heavy atom. The van der Waals surface area contributed by atoms with E-state index in [0.29, 0.717) is 29.2 Å². The maximum absolute atomic E-state index is 12.0. The number of amidine groups is 1. The maximum atomic E-state index is 12.0. The third-order valence-corrected chi connectivity index (χ3v) is 3.16. The summed E-state index contributed by atoms with van der Waals surface area (Å²) in [5.74, 6) is 0.834. The van der Waals surface area contributed by atoms with E-state index in [9.17, 15) is 4.79 Å². The molecular formula is C18H20N2O4. The maximum Gasteiger partial charge on any atom is 0.365 e. The van der Waals surface area contributed by atoms with Crippen molar-refractivity contribution in [2.45, 2.75) is 13.3 Å². The minimum Gasteiger partial charge on any atom is -0.497 e. The molecule has 2 aromatic carbocycles. The second-order valence-corrected chi connectivity index (χ2v) is 4.96. The van der Waals surface area contributed by atoms with Crippen LogP contribution >= 0.6 is 0 Å². The van der Waals surface area contributed by atoms with Gasteiger partial charge in [0.05, 0.1) is 19.3 Å². The molecule has 126 valence electrons. The van der Waals surface area contributed by atoms with Gasteiger partial charge in [-0.25, -0.2) is 4.79 Å². The second-order valence-electron chi connectivity index (χ2n) is 4.96. The molecule has 0 aliphatic carbocycles. The summed E-state index contributed by atoms with van der Waals surface area (Å²) in [6, 6.07) is 13.7. The number of hydrogen-bond donors (Lipinski definition) is 1. The van der Waals surface area contributed by atoms with Gasteiger partial charge in [-0.05, 0) is 42.8 Å². The van der Waals surface area contributed by atoms with Crippen LogP contribution in [0.1, 0.15) is 29.3 Å². The van der Waals surface area contributed by atoms with Crippen molar-refractivity contribution >= 4 is 11.8 Å². The Balaban J connectivity index is 2.00. The average molecular weight is 328 g/mol. The van der Waals surface area contributed by atoms with Crippen LogP contribution in [-0.4, -0.2) is 25.5 Å². The van der Waals surface area contributed by atoms with Gasteiger partial charge in [-0.2, -0.15) is 0 Å². The van der Waals surface area contributed by atoms with Crippen molar-refractivity contribution in [1.82, 2.24) is 0 Å². The minimum atomic E-state index is -0.595. The predicted molar refractivity (Wildman–Crippen MR) is 91.4 cm³/mol. The van der Waals surface area contributed by atoms with Crippen LogP contribution in [0.2, 0.25) is 0 Å². The van der Waals surface area contributed by atoms with Crippen molar-refractivity contribution in [3.63, 3.8) is 0 Å². The highest BCUT2D eigenvalue weighted by Gasteiger charge is 2.09. The van der Waals surface area contributed by atoms with E-state index in [0.717, 1.165) is 6.42 Å². The molecule has 0 heterocycles. The van der Waals surface area contributed by atoms with E-state index < -0.39 is 5.97 Å². The number of benzene rings is 2. The first-order chi connectivity index (χ1) is 11.6. The molecule has 0 fully saturated rings. The second kappa shape index (κ2) is 8.57. The van der Waals surface area contributed by atoms with E-state index in [-0.39, 0.29) is 5.84 Å². The van der Waals surface area contributed by atoms with Gasteiger partial charge in [-0.3, -0.25) is 0 Å². The lowest BCUT2D eigenvalue weighted by Crippen LogP contribution is -2.15. The lowest BCUT2D eigenvalue weighted by molar-refractivity contribution is 0.0516. The topological polar surface area (TPSA) is 83.1 Å². The molecule has 0 bridgehead atoms. The number of nitrogens with zero attached hydrogens (tertiary/aromatic N) is 1. The van der Waals surface area contributed by atoms with Gasteiger partial charge >= 0.3 is 5.97 Å². The molecule has 0 unspecified atom stereocenters. The number of carbonyl (C=O) groups excluding carboxylic acids is 1. The lowest BCUT2D eigenvalue weighted by Gasteiger charge is -2.05. The Morgan fingerprint density at radius 1 is 1.08 bits per heavy atom. The third-order valence-electron chi connectivity index (χ3n) is 3.16. The van der Waals surface area contributed by atoms with Gasteiger partial charge < -0.3 is 20.0 Å². The summed E-state index contributed by atoms with van der Waals surface area (Å²) < 4.78 is 10.6. The van der Waals surface area contributed by atoms with E-state index in [4.69, 9.17) is 20.0 Å². The Labute approximate surface area is 140 Å². The number of hydrogen-bond acceptors (Lipinski definition) is 5. The van der Waals surface area contributed by atoms with Gasteiger partial charge in [-0.15, -0.1) is 0 Å². The standard InChI is InChI=1S/C18H20N2O4/c1-3-11-23-15-9-7-13(8-10-15)18(21)24-20-17(19)14-5-4-6-16(12-14)22-2/h4-10,12H,3,11H2,1-2H3,(H2,19,20). The first-order valence-electron chi connectivity index (χ1n) is 7.56. The van der Waals surface area contributed by atoms with Crippen LogP contribution in [0, 0.1) is 0 Å². The molecule has 0 saturated heterocycles. The number of rotatable bonds is 7. The van der Waals surface area contributed by atoms with Gasteiger partial charge in [0, 0.05) is 5.56 Å². The zero-order chi connectivity index (χ0) is 17.4. The number of nitrogens with two attached hydrogens (primary N) is 1. The molecule has 0 spiro atoms. The van der Waals surface area contributed by atoms with E-state index in [1.54, 1.807) is 55.6 Å². The monoisotopic (exact) mass is 328 g/mol. The summed E-state index contributed by atoms with van der Waals surface area (Å²) in [7, 11) is 1.56.